The molecular weight excluding hydrogens is 409 g/mol. The zero-order valence-corrected chi connectivity index (χ0v) is 16.9. The van der Waals surface area contributed by atoms with Crippen molar-refractivity contribution in [3.63, 3.8) is 0 Å². The molecule has 2 aromatic heterocycles. The number of amides is 1. The molecule has 4 aromatic rings. The van der Waals surface area contributed by atoms with Gasteiger partial charge < -0.3 is 5.32 Å². The van der Waals surface area contributed by atoms with Gasteiger partial charge in [-0.05, 0) is 53.8 Å². The van der Waals surface area contributed by atoms with E-state index in [4.69, 9.17) is 23.2 Å². The largest absolute Gasteiger partial charge is 0.352 e. The van der Waals surface area contributed by atoms with Gasteiger partial charge in [-0.25, -0.2) is 9.50 Å². The van der Waals surface area contributed by atoms with E-state index in [1.54, 1.807) is 28.9 Å². The molecule has 0 aliphatic heterocycles. The maximum absolute atomic E-state index is 12.4. The van der Waals surface area contributed by atoms with E-state index in [1.165, 1.54) is 6.33 Å². The van der Waals surface area contributed by atoms with Gasteiger partial charge in [0.15, 0.2) is 0 Å². The molecule has 6 nitrogen and oxygen atoms in total. The summed E-state index contributed by atoms with van der Waals surface area (Å²) in [5.74, 6) is 0.474. The van der Waals surface area contributed by atoms with Gasteiger partial charge in [0.2, 0.25) is 0 Å². The summed E-state index contributed by atoms with van der Waals surface area (Å²) in [6.07, 6.45) is 6.75. The Balaban J connectivity index is 1.30. The molecule has 0 atom stereocenters. The Morgan fingerprint density at radius 3 is 2.59 bits per heavy atom. The van der Waals surface area contributed by atoms with Gasteiger partial charge in [0.25, 0.3) is 11.7 Å². The molecule has 4 rings (SSSR count). The highest BCUT2D eigenvalue weighted by Gasteiger charge is 2.07. The van der Waals surface area contributed by atoms with Crippen molar-refractivity contribution in [1.29, 1.82) is 0 Å². The fraction of sp³-hybridized carbons (Fsp3) is 0.143. The zero-order chi connectivity index (χ0) is 20.2. The molecule has 0 spiro atoms. The van der Waals surface area contributed by atoms with Crippen LogP contribution in [0.15, 0.2) is 61.2 Å². The predicted octanol–water partition coefficient (Wildman–Crippen LogP) is 4.46. The third-order valence-electron chi connectivity index (χ3n) is 4.52. The van der Waals surface area contributed by atoms with Crippen LogP contribution in [0.2, 0.25) is 10.0 Å². The Labute approximate surface area is 177 Å². The Hall–Kier alpha value is -2.96. The predicted molar refractivity (Wildman–Crippen MR) is 113 cm³/mol. The van der Waals surface area contributed by atoms with Crippen LogP contribution in [0.25, 0.3) is 16.9 Å². The molecule has 0 bridgehead atoms. The average Bonchev–Trinajstić information content (AvgIpc) is 3.21. The van der Waals surface area contributed by atoms with Crippen molar-refractivity contribution in [2.75, 3.05) is 6.54 Å². The van der Waals surface area contributed by atoms with E-state index in [0.29, 0.717) is 27.9 Å². The van der Waals surface area contributed by atoms with Gasteiger partial charge in [0.1, 0.15) is 6.33 Å². The summed E-state index contributed by atoms with van der Waals surface area (Å²) in [4.78, 5) is 20.6. The maximum Gasteiger partial charge on any atom is 0.252 e. The lowest BCUT2D eigenvalue weighted by Crippen LogP contribution is -2.24. The second-order valence-corrected chi connectivity index (χ2v) is 7.35. The van der Waals surface area contributed by atoms with Crippen molar-refractivity contribution in [3.8, 4) is 11.1 Å². The van der Waals surface area contributed by atoms with E-state index >= 15 is 0 Å². The molecule has 0 aliphatic rings. The molecule has 2 heterocycles. The highest BCUT2D eigenvalue weighted by atomic mass is 35.5. The lowest BCUT2D eigenvalue weighted by atomic mass is 10.0. The number of benzene rings is 2. The zero-order valence-electron chi connectivity index (χ0n) is 15.3. The van der Waals surface area contributed by atoms with Crippen molar-refractivity contribution in [3.05, 3.63) is 82.4 Å². The summed E-state index contributed by atoms with van der Waals surface area (Å²) in [6, 6.07) is 12.9. The molecular formula is C21H17Cl2N5O. The Morgan fingerprint density at radius 2 is 1.79 bits per heavy atom. The number of aryl methyl sites for hydroxylation is 1. The molecule has 0 radical (unpaired) electrons. The van der Waals surface area contributed by atoms with Gasteiger partial charge in [-0.1, -0.05) is 41.4 Å². The SMILES string of the molecule is O=C(NCCCc1cnc2ncnn2c1)c1ccc(-c2ccc(Cl)c(Cl)c2)cc1. The van der Waals surface area contributed by atoms with Crippen molar-refractivity contribution < 1.29 is 4.79 Å². The molecule has 29 heavy (non-hydrogen) atoms. The van der Waals surface area contributed by atoms with E-state index in [-0.39, 0.29) is 5.91 Å². The summed E-state index contributed by atoms with van der Waals surface area (Å²) in [5.41, 5.74) is 3.57. The lowest BCUT2D eigenvalue weighted by molar-refractivity contribution is 0.0953. The van der Waals surface area contributed by atoms with Gasteiger partial charge in [-0.3, -0.25) is 4.79 Å². The molecule has 0 unspecified atom stereocenters. The van der Waals surface area contributed by atoms with Crippen LogP contribution >= 0.6 is 23.2 Å². The third-order valence-corrected chi connectivity index (χ3v) is 5.25. The number of nitrogens with zero attached hydrogens (tertiary/aromatic N) is 4. The van der Waals surface area contributed by atoms with E-state index < -0.39 is 0 Å². The highest BCUT2D eigenvalue weighted by Crippen LogP contribution is 2.28. The minimum Gasteiger partial charge on any atom is -0.352 e. The quantitative estimate of drug-likeness (QED) is 0.462. The molecule has 146 valence electrons. The second kappa shape index (κ2) is 8.59. The molecule has 1 N–H and O–H groups in total. The highest BCUT2D eigenvalue weighted by molar-refractivity contribution is 6.42. The smallest absolute Gasteiger partial charge is 0.252 e. The van der Waals surface area contributed by atoms with E-state index in [0.717, 1.165) is 29.5 Å². The first-order chi connectivity index (χ1) is 14.1. The van der Waals surface area contributed by atoms with Gasteiger partial charge >= 0.3 is 0 Å². The van der Waals surface area contributed by atoms with Crippen molar-refractivity contribution in [1.82, 2.24) is 24.9 Å². The fourth-order valence-corrected chi connectivity index (χ4v) is 3.27. The molecule has 0 saturated carbocycles. The van der Waals surface area contributed by atoms with Crippen molar-refractivity contribution in [2.24, 2.45) is 0 Å². The van der Waals surface area contributed by atoms with Crippen LogP contribution in [0.5, 0.6) is 0 Å². The second-order valence-electron chi connectivity index (χ2n) is 6.53. The van der Waals surface area contributed by atoms with Crippen LogP contribution in [0.4, 0.5) is 0 Å². The number of rotatable bonds is 6. The summed E-state index contributed by atoms with van der Waals surface area (Å²) < 4.78 is 1.64. The number of halogens is 2. The van der Waals surface area contributed by atoms with Gasteiger partial charge in [-0.15, -0.1) is 0 Å². The van der Waals surface area contributed by atoms with Crippen LogP contribution in [0.1, 0.15) is 22.3 Å². The standard InChI is InChI=1S/C21H17Cl2N5O/c22-18-8-7-17(10-19(18)23)15-3-5-16(6-4-15)20(29)24-9-1-2-14-11-25-21-26-13-27-28(21)12-14/h3-8,10-13H,1-2,9H2,(H,24,29). The molecule has 8 heteroatoms. The van der Waals surface area contributed by atoms with Crippen molar-refractivity contribution in [2.45, 2.75) is 12.8 Å². The molecule has 0 saturated heterocycles. The van der Waals surface area contributed by atoms with E-state index in [2.05, 4.69) is 20.4 Å². The number of hydrogen-bond donors (Lipinski definition) is 1. The summed E-state index contributed by atoms with van der Waals surface area (Å²) in [7, 11) is 0. The van der Waals surface area contributed by atoms with Crippen LogP contribution in [0, 0.1) is 0 Å². The van der Waals surface area contributed by atoms with Crippen molar-refractivity contribution >= 4 is 34.9 Å². The maximum atomic E-state index is 12.4. The topological polar surface area (TPSA) is 72.2 Å². The molecule has 0 fully saturated rings. The average molecular weight is 426 g/mol. The molecule has 1 amide bonds. The monoisotopic (exact) mass is 425 g/mol. The van der Waals surface area contributed by atoms with Crippen LogP contribution < -0.4 is 5.32 Å². The van der Waals surface area contributed by atoms with Crippen LogP contribution in [-0.2, 0) is 6.42 Å². The minimum atomic E-state index is -0.101. The Bertz CT molecular complexity index is 1160. The first-order valence-electron chi connectivity index (χ1n) is 9.08. The molecule has 0 aliphatic carbocycles. The van der Waals surface area contributed by atoms with E-state index in [9.17, 15) is 4.79 Å². The number of nitrogens with one attached hydrogen (secondary N) is 1. The van der Waals surface area contributed by atoms with Crippen LogP contribution in [0.3, 0.4) is 0 Å². The van der Waals surface area contributed by atoms with E-state index in [1.807, 2.05) is 30.5 Å². The Morgan fingerprint density at radius 1 is 1.00 bits per heavy atom. The lowest BCUT2D eigenvalue weighted by Gasteiger charge is -2.07. The third kappa shape index (κ3) is 4.55. The number of hydrogen-bond acceptors (Lipinski definition) is 4. The van der Waals surface area contributed by atoms with Gasteiger partial charge in [-0.2, -0.15) is 10.1 Å². The Kier molecular flexibility index (Phi) is 5.74. The van der Waals surface area contributed by atoms with Gasteiger partial charge in [0, 0.05) is 24.5 Å². The minimum absolute atomic E-state index is 0.101. The number of aromatic nitrogens is 4. The number of carbonyl (C=O) groups excluding carboxylic acids is 1. The summed E-state index contributed by atoms with van der Waals surface area (Å²) in [5, 5.41) is 8.04. The fourth-order valence-electron chi connectivity index (χ4n) is 2.97. The molecule has 2 aromatic carbocycles. The first kappa shape index (κ1) is 19.4. The van der Waals surface area contributed by atoms with Gasteiger partial charge in [0.05, 0.1) is 10.0 Å². The summed E-state index contributed by atoms with van der Waals surface area (Å²) >= 11 is 12.0. The number of carbonyl (C=O) groups is 1. The van der Waals surface area contributed by atoms with Crippen LogP contribution in [-0.4, -0.2) is 32.0 Å². The first-order valence-corrected chi connectivity index (χ1v) is 9.84. The number of fused-ring (bicyclic) bond motifs is 1. The normalized spacial score (nSPS) is 11.0. The summed E-state index contributed by atoms with van der Waals surface area (Å²) in [6.45, 7) is 0.572.